The number of halogens is 3. The molecule has 0 aromatic heterocycles. The smallest absolute Gasteiger partial charge is 0.417 e. The lowest BCUT2D eigenvalue weighted by molar-refractivity contribution is -0.177. The Labute approximate surface area is 187 Å². The van der Waals surface area contributed by atoms with Crippen molar-refractivity contribution in [2.45, 2.75) is 37.0 Å². The second-order valence-corrected chi connectivity index (χ2v) is 7.97. The van der Waals surface area contributed by atoms with Crippen LogP contribution in [0, 0.1) is 0 Å². The van der Waals surface area contributed by atoms with Crippen molar-refractivity contribution in [3.63, 3.8) is 0 Å². The number of alkyl carbamates (subject to hydrolysis) is 1. The first-order chi connectivity index (χ1) is 15.7. The van der Waals surface area contributed by atoms with Crippen molar-refractivity contribution in [3.8, 4) is 11.1 Å². The van der Waals surface area contributed by atoms with E-state index in [0.717, 1.165) is 22.3 Å². The molecule has 10 heteroatoms. The number of ether oxygens (including phenoxy) is 1. The highest BCUT2D eigenvalue weighted by atomic mass is 19.4. The van der Waals surface area contributed by atoms with Crippen LogP contribution >= 0.6 is 0 Å². The van der Waals surface area contributed by atoms with E-state index < -0.39 is 36.2 Å². The van der Waals surface area contributed by atoms with Gasteiger partial charge in [-0.25, -0.2) is 9.59 Å². The molecule has 2 aromatic rings. The molecule has 1 unspecified atom stereocenters. The van der Waals surface area contributed by atoms with Crippen LogP contribution in [0.15, 0.2) is 48.5 Å². The number of carboxylic acids is 1. The highest BCUT2D eigenvalue weighted by Crippen LogP contribution is 2.44. The average Bonchev–Trinajstić information content (AvgIpc) is 3.38. The van der Waals surface area contributed by atoms with E-state index >= 15 is 0 Å². The summed E-state index contributed by atoms with van der Waals surface area (Å²) in [6.07, 6.45) is -6.21. The molecule has 2 aromatic carbocycles. The SMILES string of the molecule is O=C(NC(C(=O)N1CCC[C@H]1C(=O)O)C(F)(F)F)OCC1c2ccccc2-c2ccccc21. The number of nitrogens with zero attached hydrogens (tertiary/aromatic N) is 1. The number of carbonyl (C=O) groups is 3. The predicted molar refractivity (Wildman–Crippen MR) is 110 cm³/mol. The van der Waals surface area contributed by atoms with Crippen LogP contribution in [0.3, 0.4) is 0 Å². The Bertz CT molecular complexity index is 1040. The maximum absolute atomic E-state index is 13.6. The number of aliphatic carboxylic acids is 1. The van der Waals surface area contributed by atoms with E-state index in [2.05, 4.69) is 0 Å². The number of amides is 2. The third-order valence-corrected chi connectivity index (χ3v) is 6.00. The van der Waals surface area contributed by atoms with Gasteiger partial charge in [0.05, 0.1) is 0 Å². The number of hydrogen-bond donors (Lipinski definition) is 2. The van der Waals surface area contributed by atoms with E-state index in [1.165, 1.54) is 0 Å². The molecule has 174 valence electrons. The monoisotopic (exact) mass is 462 g/mol. The molecule has 2 N–H and O–H groups in total. The van der Waals surface area contributed by atoms with Crippen LogP contribution in [0.4, 0.5) is 18.0 Å². The zero-order valence-corrected chi connectivity index (χ0v) is 17.3. The minimum Gasteiger partial charge on any atom is -0.480 e. The zero-order chi connectivity index (χ0) is 23.8. The summed E-state index contributed by atoms with van der Waals surface area (Å²) in [5, 5.41) is 10.8. The van der Waals surface area contributed by atoms with Crippen LogP contribution < -0.4 is 5.32 Å². The van der Waals surface area contributed by atoms with Gasteiger partial charge in [0.2, 0.25) is 6.04 Å². The highest BCUT2D eigenvalue weighted by Gasteiger charge is 2.50. The lowest BCUT2D eigenvalue weighted by Crippen LogP contribution is -2.57. The standard InChI is InChI=1S/C23H21F3N2O5/c24-23(25,26)19(20(29)28-11-5-10-18(28)21(30)31)27-22(32)33-12-17-15-8-3-1-6-13(15)14-7-2-4-9-16(14)17/h1-4,6-9,17-19H,5,10-12H2,(H,27,32)(H,30,31)/t18-,19?/m0/s1. The van der Waals surface area contributed by atoms with Gasteiger partial charge in [0.1, 0.15) is 12.6 Å². The van der Waals surface area contributed by atoms with Gasteiger partial charge in [0.25, 0.3) is 5.91 Å². The fourth-order valence-electron chi connectivity index (χ4n) is 4.49. The van der Waals surface area contributed by atoms with Crippen molar-refractivity contribution in [1.82, 2.24) is 10.2 Å². The van der Waals surface area contributed by atoms with Gasteiger partial charge in [-0.1, -0.05) is 48.5 Å². The van der Waals surface area contributed by atoms with E-state index in [0.29, 0.717) is 4.90 Å². The van der Waals surface area contributed by atoms with Crippen LogP contribution in [-0.4, -0.2) is 59.4 Å². The largest absolute Gasteiger partial charge is 0.480 e. The van der Waals surface area contributed by atoms with Gasteiger partial charge in [0.15, 0.2) is 0 Å². The summed E-state index contributed by atoms with van der Waals surface area (Å²) in [6.45, 7) is -0.352. The van der Waals surface area contributed by atoms with Gasteiger partial charge in [-0.05, 0) is 35.1 Å². The number of nitrogens with one attached hydrogen (secondary N) is 1. The maximum Gasteiger partial charge on any atom is 0.417 e. The van der Waals surface area contributed by atoms with Gasteiger partial charge >= 0.3 is 18.2 Å². The van der Waals surface area contributed by atoms with E-state index in [1.807, 2.05) is 48.5 Å². The van der Waals surface area contributed by atoms with E-state index in [4.69, 9.17) is 4.74 Å². The van der Waals surface area contributed by atoms with E-state index in [9.17, 15) is 32.7 Å². The molecule has 1 aliphatic carbocycles. The summed E-state index contributed by atoms with van der Waals surface area (Å²) in [4.78, 5) is 36.7. The molecule has 2 aliphatic rings. The van der Waals surface area contributed by atoms with Crippen molar-refractivity contribution < 1.29 is 37.4 Å². The van der Waals surface area contributed by atoms with Crippen molar-refractivity contribution in [2.24, 2.45) is 0 Å². The Kier molecular flexibility index (Phi) is 6.01. The summed E-state index contributed by atoms with van der Waals surface area (Å²) in [5.74, 6) is -3.26. The molecule has 1 fully saturated rings. The fourth-order valence-corrected chi connectivity index (χ4v) is 4.49. The molecule has 2 atom stereocenters. The van der Waals surface area contributed by atoms with Gasteiger partial charge in [0, 0.05) is 12.5 Å². The number of carbonyl (C=O) groups excluding carboxylic acids is 2. The second-order valence-electron chi connectivity index (χ2n) is 7.97. The van der Waals surface area contributed by atoms with Crippen LogP contribution in [0.2, 0.25) is 0 Å². The number of benzene rings is 2. The van der Waals surface area contributed by atoms with Gasteiger partial charge in [-0.15, -0.1) is 0 Å². The Morgan fingerprint density at radius 3 is 2.18 bits per heavy atom. The first-order valence-electron chi connectivity index (χ1n) is 10.4. The topological polar surface area (TPSA) is 95.9 Å². The summed E-state index contributed by atoms with van der Waals surface area (Å²) >= 11 is 0. The molecule has 4 rings (SSSR count). The number of rotatable bonds is 5. The summed E-state index contributed by atoms with van der Waals surface area (Å²) in [7, 11) is 0. The molecule has 0 saturated carbocycles. The summed E-state index contributed by atoms with van der Waals surface area (Å²) in [6, 6.07) is 10.7. The molecule has 0 radical (unpaired) electrons. The summed E-state index contributed by atoms with van der Waals surface area (Å²) in [5.41, 5.74) is 3.69. The number of alkyl halides is 3. The number of fused-ring (bicyclic) bond motifs is 3. The van der Waals surface area contributed by atoms with Gasteiger partial charge in [-0.3, -0.25) is 4.79 Å². The molecule has 0 spiro atoms. The third-order valence-electron chi connectivity index (χ3n) is 6.00. The number of likely N-dealkylation sites (tertiary alicyclic amines) is 1. The molecule has 7 nitrogen and oxygen atoms in total. The second kappa shape index (κ2) is 8.76. The van der Waals surface area contributed by atoms with Crippen LogP contribution in [0.1, 0.15) is 29.9 Å². The molecular weight excluding hydrogens is 441 g/mol. The third kappa shape index (κ3) is 4.37. The van der Waals surface area contributed by atoms with Crippen molar-refractivity contribution >= 4 is 18.0 Å². The fraction of sp³-hybridized carbons (Fsp3) is 0.348. The number of hydrogen-bond acceptors (Lipinski definition) is 4. The lowest BCUT2D eigenvalue weighted by Gasteiger charge is -2.28. The van der Waals surface area contributed by atoms with Gasteiger partial charge < -0.3 is 20.1 Å². The van der Waals surface area contributed by atoms with E-state index in [1.54, 1.807) is 5.32 Å². The molecule has 1 aliphatic heterocycles. The quantitative estimate of drug-likeness (QED) is 0.709. The minimum atomic E-state index is -5.12. The van der Waals surface area contributed by atoms with Crippen LogP contribution in [-0.2, 0) is 14.3 Å². The van der Waals surface area contributed by atoms with Crippen LogP contribution in [0.25, 0.3) is 11.1 Å². The highest BCUT2D eigenvalue weighted by molar-refractivity contribution is 5.90. The normalized spacial score (nSPS) is 18.4. The first-order valence-corrected chi connectivity index (χ1v) is 10.4. The molecule has 2 amide bonds. The summed E-state index contributed by atoms with van der Waals surface area (Å²) < 4.78 is 45.9. The van der Waals surface area contributed by atoms with Crippen LogP contribution in [0.5, 0.6) is 0 Å². The van der Waals surface area contributed by atoms with Crippen molar-refractivity contribution in [3.05, 3.63) is 59.7 Å². The lowest BCUT2D eigenvalue weighted by atomic mass is 9.98. The minimum absolute atomic E-state index is 0.0522. The molecular formula is C23H21F3N2O5. The van der Waals surface area contributed by atoms with Gasteiger partial charge in [-0.2, -0.15) is 13.2 Å². The maximum atomic E-state index is 13.6. The number of carboxylic acid groups (broad SMARTS) is 1. The Hall–Kier alpha value is -3.56. The Balaban J connectivity index is 1.47. The first kappa shape index (κ1) is 22.6. The molecule has 0 bridgehead atoms. The average molecular weight is 462 g/mol. The van der Waals surface area contributed by atoms with Crippen molar-refractivity contribution in [2.75, 3.05) is 13.2 Å². The van der Waals surface area contributed by atoms with E-state index in [-0.39, 0.29) is 31.9 Å². The molecule has 1 saturated heterocycles. The Morgan fingerprint density at radius 1 is 1.06 bits per heavy atom. The zero-order valence-electron chi connectivity index (χ0n) is 17.3. The Morgan fingerprint density at radius 2 is 1.64 bits per heavy atom. The molecule has 1 heterocycles. The molecule has 33 heavy (non-hydrogen) atoms. The predicted octanol–water partition coefficient (Wildman–Crippen LogP) is 3.53. The van der Waals surface area contributed by atoms with Crippen molar-refractivity contribution in [1.29, 1.82) is 0 Å².